The van der Waals surface area contributed by atoms with Crippen LogP contribution in [0.1, 0.15) is 90.9 Å². The van der Waals surface area contributed by atoms with Crippen LogP contribution in [-0.4, -0.2) is 37.4 Å². The maximum Gasteiger partial charge on any atom is 0.305 e. The molecule has 0 unspecified atom stereocenters. The second-order valence-electron chi connectivity index (χ2n) is 7.78. The lowest BCUT2D eigenvalue weighted by molar-refractivity contribution is -0.158. The van der Waals surface area contributed by atoms with Crippen molar-refractivity contribution in [1.29, 1.82) is 0 Å². The van der Waals surface area contributed by atoms with Gasteiger partial charge in [0, 0.05) is 11.8 Å². The number of unbranched alkanes of at least 4 members (excludes halogenated alkanes) is 3. The minimum atomic E-state index is -0.377. The third-order valence-electron chi connectivity index (χ3n) is 4.73. The molecule has 0 fully saturated rings. The molecule has 0 heterocycles. The first kappa shape index (κ1) is 31.8. The lowest BCUT2D eigenvalue weighted by atomic mass is 10.2. The van der Waals surface area contributed by atoms with Crippen molar-refractivity contribution in [3.8, 4) is 0 Å². The lowest BCUT2D eigenvalue weighted by Gasteiger charge is -2.18. The summed E-state index contributed by atoms with van der Waals surface area (Å²) in [6, 6.07) is 0. The van der Waals surface area contributed by atoms with Gasteiger partial charge in [0.1, 0.15) is 0 Å². The van der Waals surface area contributed by atoms with Gasteiger partial charge in [0.15, 0.2) is 6.29 Å². The van der Waals surface area contributed by atoms with Crippen LogP contribution in [0.2, 0.25) is 0 Å². The first-order valence-corrected chi connectivity index (χ1v) is 13.9. The minimum Gasteiger partial charge on any atom is -0.466 e. The predicted octanol–water partition coefficient (Wildman–Crippen LogP) is 8.23. The van der Waals surface area contributed by atoms with Crippen molar-refractivity contribution in [2.24, 2.45) is 0 Å². The minimum absolute atomic E-state index is 0.169. The Morgan fingerprint density at radius 1 is 0.727 bits per heavy atom. The highest BCUT2D eigenvalue weighted by atomic mass is 79.9. The van der Waals surface area contributed by atoms with Crippen molar-refractivity contribution < 1.29 is 19.0 Å². The number of alkyl halides is 1. The van der Waals surface area contributed by atoms with E-state index in [1.807, 2.05) is 0 Å². The van der Waals surface area contributed by atoms with E-state index in [9.17, 15) is 4.79 Å². The predicted molar refractivity (Wildman–Crippen MR) is 144 cm³/mol. The Kier molecular flexibility index (Phi) is 26.1. The van der Waals surface area contributed by atoms with Crippen molar-refractivity contribution in [1.82, 2.24) is 0 Å². The Hall–Kier alpha value is -1.17. The number of allylic oxidation sites excluding steroid dienone is 6. The van der Waals surface area contributed by atoms with Gasteiger partial charge in [0.25, 0.3) is 0 Å². The van der Waals surface area contributed by atoms with Crippen molar-refractivity contribution >= 4 is 21.9 Å². The molecular weight excluding hydrogens is 480 g/mol. The Labute approximate surface area is 211 Å². The average molecular weight is 528 g/mol. The molecule has 0 radical (unpaired) electrons. The number of esters is 1. The Balaban J connectivity index is 4.22. The number of carbonyl (C=O) groups is 1. The maximum atomic E-state index is 12.1. The quantitative estimate of drug-likeness (QED) is 0.0441. The second kappa shape index (κ2) is 27.1. The van der Waals surface area contributed by atoms with Crippen LogP contribution in [0.3, 0.4) is 0 Å². The van der Waals surface area contributed by atoms with Gasteiger partial charge in [-0.25, -0.2) is 0 Å². The average Bonchev–Trinajstić information content (AvgIpc) is 2.82. The molecule has 0 aromatic heterocycles. The van der Waals surface area contributed by atoms with Crippen molar-refractivity contribution in [3.05, 3.63) is 48.6 Å². The third-order valence-corrected chi connectivity index (χ3v) is 5.29. The molecule has 0 saturated carbocycles. The van der Waals surface area contributed by atoms with E-state index in [2.05, 4.69) is 78.4 Å². The SMILES string of the molecule is CC/C=C/C/C=C/CCOC(CCC(=O)OCCCCCCBr)OCC/C=C/C/C=C/CC. The van der Waals surface area contributed by atoms with E-state index < -0.39 is 0 Å². The number of ether oxygens (including phenoxy) is 3. The van der Waals surface area contributed by atoms with E-state index in [1.54, 1.807) is 0 Å². The fraction of sp³-hybridized carbons (Fsp3) is 0.679. The van der Waals surface area contributed by atoms with Gasteiger partial charge in [-0.1, -0.05) is 91.2 Å². The van der Waals surface area contributed by atoms with Crippen LogP contribution < -0.4 is 0 Å². The van der Waals surface area contributed by atoms with E-state index in [1.165, 1.54) is 12.8 Å². The van der Waals surface area contributed by atoms with Gasteiger partial charge in [-0.15, -0.1) is 0 Å². The summed E-state index contributed by atoms with van der Waals surface area (Å²) in [5.41, 5.74) is 0. The largest absolute Gasteiger partial charge is 0.466 e. The smallest absolute Gasteiger partial charge is 0.305 e. The number of halogens is 1. The molecule has 0 bridgehead atoms. The van der Waals surface area contributed by atoms with Crippen molar-refractivity contribution in [2.75, 3.05) is 25.2 Å². The molecule has 4 nitrogen and oxygen atoms in total. The molecule has 0 atom stereocenters. The Morgan fingerprint density at radius 3 is 1.82 bits per heavy atom. The first-order chi connectivity index (χ1) is 16.2. The van der Waals surface area contributed by atoms with Gasteiger partial charge in [-0.2, -0.15) is 0 Å². The van der Waals surface area contributed by atoms with Crippen molar-refractivity contribution in [2.45, 2.75) is 97.2 Å². The number of hydrogen-bond acceptors (Lipinski definition) is 4. The molecule has 0 aliphatic rings. The van der Waals surface area contributed by atoms with Gasteiger partial charge >= 0.3 is 5.97 Å². The molecule has 0 spiro atoms. The fourth-order valence-corrected chi connectivity index (χ4v) is 3.30. The summed E-state index contributed by atoms with van der Waals surface area (Å²) in [7, 11) is 0. The van der Waals surface area contributed by atoms with Crippen LogP contribution in [0.15, 0.2) is 48.6 Å². The summed E-state index contributed by atoms with van der Waals surface area (Å²) < 4.78 is 17.2. The van der Waals surface area contributed by atoms with E-state index in [-0.39, 0.29) is 12.3 Å². The Morgan fingerprint density at radius 2 is 1.27 bits per heavy atom. The van der Waals surface area contributed by atoms with E-state index in [0.717, 1.165) is 56.7 Å². The molecule has 0 aromatic rings. The summed E-state index contributed by atoms with van der Waals surface area (Å²) in [6.45, 7) is 5.94. The number of hydrogen-bond donors (Lipinski definition) is 0. The zero-order valence-electron chi connectivity index (χ0n) is 21.0. The molecular formula is C28H47BrO4. The van der Waals surface area contributed by atoms with Gasteiger partial charge in [-0.3, -0.25) is 4.79 Å². The standard InChI is InChI=1S/C28H47BrO4/c1-3-5-7-9-11-14-19-25-32-28(33-26-20-15-12-10-8-6-4-2)22-21-27(30)31-24-18-16-13-17-23-29/h5-8,11-12,14-15,28H,3-4,9-10,13,16-26H2,1-2H3/b7-5+,8-6+,14-11+,15-12+. The summed E-state index contributed by atoms with van der Waals surface area (Å²) >= 11 is 3.43. The molecule has 0 aromatic carbocycles. The number of rotatable bonds is 23. The summed E-state index contributed by atoms with van der Waals surface area (Å²) in [5, 5.41) is 1.03. The molecule has 0 aliphatic carbocycles. The second-order valence-corrected chi connectivity index (χ2v) is 8.58. The van der Waals surface area contributed by atoms with Crippen LogP contribution in [0.25, 0.3) is 0 Å². The molecule has 0 rings (SSSR count). The monoisotopic (exact) mass is 526 g/mol. The summed E-state index contributed by atoms with van der Waals surface area (Å²) in [5.74, 6) is -0.169. The highest BCUT2D eigenvalue weighted by Crippen LogP contribution is 2.09. The summed E-state index contributed by atoms with van der Waals surface area (Å²) in [4.78, 5) is 12.1. The normalized spacial score (nSPS) is 12.4. The van der Waals surface area contributed by atoms with Gasteiger partial charge in [0.05, 0.1) is 26.2 Å². The molecule has 5 heteroatoms. The van der Waals surface area contributed by atoms with Crippen molar-refractivity contribution in [3.63, 3.8) is 0 Å². The lowest BCUT2D eigenvalue weighted by Crippen LogP contribution is -2.20. The van der Waals surface area contributed by atoms with Gasteiger partial charge in [-0.05, 0) is 51.4 Å². The highest BCUT2D eigenvalue weighted by molar-refractivity contribution is 9.09. The first-order valence-electron chi connectivity index (χ1n) is 12.8. The molecule has 0 saturated heterocycles. The molecule has 190 valence electrons. The Bertz CT molecular complexity index is 508. The highest BCUT2D eigenvalue weighted by Gasteiger charge is 2.13. The van der Waals surface area contributed by atoms with E-state index >= 15 is 0 Å². The number of carbonyl (C=O) groups excluding carboxylic acids is 1. The van der Waals surface area contributed by atoms with E-state index in [4.69, 9.17) is 14.2 Å². The molecule has 0 amide bonds. The zero-order valence-corrected chi connectivity index (χ0v) is 22.6. The molecule has 33 heavy (non-hydrogen) atoms. The molecule has 0 aliphatic heterocycles. The van der Waals surface area contributed by atoms with Crippen LogP contribution >= 0.6 is 15.9 Å². The maximum absolute atomic E-state index is 12.1. The van der Waals surface area contributed by atoms with Crippen LogP contribution in [0.4, 0.5) is 0 Å². The van der Waals surface area contributed by atoms with Crippen LogP contribution in [0, 0.1) is 0 Å². The topological polar surface area (TPSA) is 44.8 Å². The zero-order chi connectivity index (χ0) is 24.2. The summed E-state index contributed by atoms with van der Waals surface area (Å²) in [6.07, 6.45) is 27.8. The fourth-order valence-electron chi connectivity index (χ4n) is 2.90. The third kappa shape index (κ3) is 25.3. The van der Waals surface area contributed by atoms with E-state index in [0.29, 0.717) is 32.7 Å². The van der Waals surface area contributed by atoms with Gasteiger partial charge in [0.2, 0.25) is 0 Å². The van der Waals surface area contributed by atoms with Gasteiger partial charge < -0.3 is 14.2 Å². The molecule has 0 N–H and O–H groups in total. The van der Waals surface area contributed by atoms with Crippen LogP contribution in [-0.2, 0) is 19.0 Å². The van der Waals surface area contributed by atoms with Crippen LogP contribution in [0.5, 0.6) is 0 Å².